The molecule has 1 nitrogen and oxygen atoms in total. The number of ether oxygens (including phenoxy) is 1. The molecular weight excluding hydrogens is 264 g/mol. The molecule has 2 aromatic rings. The molecule has 0 spiro atoms. The monoisotopic (exact) mass is 278 g/mol. The molecule has 18 heavy (non-hydrogen) atoms. The molecule has 0 aliphatic rings. The summed E-state index contributed by atoms with van der Waals surface area (Å²) in [4.78, 5) is 2.46. The maximum absolute atomic E-state index is 5.89. The van der Waals surface area contributed by atoms with Gasteiger partial charge in [0.25, 0.3) is 0 Å². The Bertz CT molecular complexity index is 523. The van der Waals surface area contributed by atoms with E-state index in [0.717, 1.165) is 17.2 Å². The second-order valence-electron chi connectivity index (χ2n) is 3.88. The maximum Gasteiger partial charge on any atom is 0.119 e. The van der Waals surface area contributed by atoms with Gasteiger partial charge in [-0.25, -0.2) is 0 Å². The number of benzene rings is 2. The third-order valence-electron chi connectivity index (χ3n) is 2.69. The van der Waals surface area contributed by atoms with E-state index >= 15 is 0 Å². The molecule has 0 radical (unpaired) electrons. The molecule has 2 rings (SSSR count). The molecule has 0 fully saturated rings. The lowest BCUT2D eigenvalue weighted by molar-refractivity contribution is 0.414. The number of methoxy groups -OCH3 is 1. The summed E-state index contributed by atoms with van der Waals surface area (Å²) >= 11 is 7.64. The van der Waals surface area contributed by atoms with Crippen LogP contribution in [0.5, 0.6) is 5.75 Å². The van der Waals surface area contributed by atoms with Crippen LogP contribution in [0.1, 0.15) is 12.5 Å². The van der Waals surface area contributed by atoms with Gasteiger partial charge in [-0.3, -0.25) is 0 Å². The smallest absolute Gasteiger partial charge is 0.119 e. The minimum Gasteiger partial charge on any atom is -0.497 e. The van der Waals surface area contributed by atoms with E-state index in [9.17, 15) is 0 Å². The molecule has 0 atom stereocenters. The van der Waals surface area contributed by atoms with Crippen molar-refractivity contribution in [1.29, 1.82) is 0 Å². The van der Waals surface area contributed by atoms with Crippen molar-refractivity contribution in [3.8, 4) is 5.75 Å². The number of hydrogen-bond acceptors (Lipinski definition) is 2. The first-order chi connectivity index (χ1) is 8.72. The van der Waals surface area contributed by atoms with Gasteiger partial charge in [-0.05, 0) is 54.4 Å². The molecule has 0 N–H and O–H groups in total. The second-order valence-corrected chi connectivity index (χ2v) is 5.43. The van der Waals surface area contributed by atoms with E-state index in [4.69, 9.17) is 16.3 Å². The zero-order chi connectivity index (χ0) is 13.0. The highest BCUT2D eigenvalue weighted by molar-refractivity contribution is 7.99. The van der Waals surface area contributed by atoms with Gasteiger partial charge in [0.2, 0.25) is 0 Å². The summed E-state index contributed by atoms with van der Waals surface area (Å²) in [5, 5.41) is 0.768. The number of rotatable bonds is 4. The van der Waals surface area contributed by atoms with Gasteiger partial charge in [0, 0.05) is 14.8 Å². The fourth-order valence-corrected chi connectivity index (χ4v) is 2.81. The summed E-state index contributed by atoms with van der Waals surface area (Å²) in [5.74, 6) is 0.910. The molecule has 94 valence electrons. The van der Waals surface area contributed by atoms with Crippen molar-refractivity contribution < 1.29 is 4.74 Å². The van der Waals surface area contributed by atoms with Crippen molar-refractivity contribution in [2.24, 2.45) is 0 Å². The largest absolute Gasteiger partial charge is 0.497 e. The summed E-state index contributed by atoms with van der Waals surface area (Å²) in [6.45, 7) is 2.15. The van der Waals surface area contributed by atoms with Gasteiger partial charge in [-0.2, -0.15) is 0 Å². The molecule has 0 aliphatic carbocycles. The lowest BCUT2D eigenvalue weighted by Crippen LogP contribution is -1.89. The van der Waals surface area contributed by atoms with Gasteiger partial charge in [0.05, 0.1) is 7.11 Å². The third-order valence-corrected chi connectivity index (χ3v) is 4.07. The first-order valence-corrected chi connectivity index (χ1v) is 7.02. The van der Waals surface area contributed by atoms with E-state index in [1.165, 1.54) is 15.4 Å². The Labute approximate surface area is 117 Å². The molecule has 0 amide bonds. The Morgan fingerprint density at radius 2 is 1.83 bits per heavy atom. The predicted octanol–water partition coefficient (Wildman–Crippen LogP) is 5.06. The first-order valence-electron chi connectivity index (χ1n) is 5.83. The van der Waals surface area contributed by atoms with E-state index in [1.807, 2.05) is 30.3 Å². The van der Waals surface area contributed by atoms with Crippen LogP contribution >= 0.6 is 23.4 Å². The quantitative estimate of drug-likeness (QED) is 0.773. The van der Waals surface area contributed by atoms with Crippen LogP contribution in [0.25, 0.3) is 0 Å². The average Bonchev–Trinajstić information content (AvgIpc) is 2.41. The van der Waals surface area contributed by atoms with E-state index in [1.54, 1.807) is 18.9 Å². The third kappa shape index (κ3) is 3.21. The lowest BCUT2D eigenvalue weighted by Gasteiger charge is -2.09. The molecule has 0 saturated heterocycles. The van der Waals surface area contributed by atoms with Gasteiger partial charge < -0.3 is 4.74 Å². The summed E-state index contributed by atoms with van der Waals surface area (Å²) in [6, 6.07) is 14.1. The molecule has 0 saturated carbocycles. The van der Waals surface area contributed by atoms with Gasteiger partial charge in [-0.1, -0.05) is 30.3 Å². The maximum atomic E-state index is 5.89. The SMILES string of the molecule is CCc1cc(OC)ccc1Sc1ccc(Cl)cc1. The number of halogens is 1. The number of hydrogen-bond donors (Lipinski definition) is 0. The summed E-state index contributed by atoms with van der Waals surface area (Å²) in [7, 11) is 1.70. The Balaban J connectivity index is 2.25. The Hall–Kier alpha value is -1.12. The standard InChI is InChI=1S/C15H15ClOS/c1-3-11-10-13(17-2)6-9-15(11)18-14-7-4-12(16)5-8-14/h4-10H,3H2,1-2H3. The van der Waals surface area contributed by atoms with Crippen LogP contribution in [-0.2, 0) is 6.42 Å². The summed E-state index contributed by atoms with van der Waals surface area (Å²) in [6.07, 6.45) is 0.993. The fourth-order valence-electron chi connectivity index (χ4n) is 1.69. The molecule has 0 unspecified atom stereocenters. The minimum absolute atomic E-state index is 0.768. The second kappa shape index (κ2) is 6.17. The first kappa shape index (κ1) is 13.3. The van der Waals surface area contributed by atoms with Crippen molar-refractivity contribution in [2.45, 2.75) is 23.1 Å². The normalized spacial score (nSPS) is 10.4. The van der Waals surface area contributed by atoms with E-state index in [-0.39, 0.29) is 0 Å². The predicted molar refractivity (Wildman–Crippen MR) is 77.9 cm³/mol. The minimum atomic E-state index is 0.768. The van der Waals surface area contributed by atoms with Crippen LogP contribution in [0.4, 0.5) is 0 Å². The Morgan fingerprint density at radius 1 is 1.11 bits per heavy atom. The molecule has 3 heteroatoms. The molecule has 0 aromatic heterocycles. The molecule has 2 aromatic carbocycles. The van der Waals surface area contributed by atoms with Crippen LogP contribution in [0, 0.1) is 0 Å². The zero-order valence-electron chi connectivity index (χ0n) is 10.4. The average molecular weight is 279 g/mol. The molecular formula is C15H15ClOS. The van der Waals surface area contributed by atoms with Crippen molar-refractivity contribution >= 4 is 23.4 Å². The Kier molecular flexibility index (Phi) is 4.56. The fraction of sp³-hybridized carbons (Fsp3) is 0.200. The summed E-state index contributed by atoms with van der Waals surface area (Å²) < 4.78 is 5.25. The van der Waals surface area contributed by atoms with Crippen molar-refractivity contribution in [1.82, 2.24) is 0 Å². The van der Waals surface area contributed by atoms with Crippen molar-refractivity contribution in [3.63, 3.8) is 0 Å². The van der Waals surface area contributed by atoms with Crippen LogP contribution < -0.4 is 4.74 Å². The molecule has 0 heterocycles. The lowest BCUT2D eigenvalue weighted by atomic mass is 10.1. The van der Waals surface area contributed by atoms with Crippen LogP contribution in [0.3, 0.4) is 0 Å². The molecule has 0 aliphatic heterocycles. The van der Waals surface area contributed by atoms with E-state index < -0.39 is 0 Å². The topological polar surface area (TPSA) is 9.23 Å². The van der Waals surface area contributed by atoms with Crippen molar-refractivity contribution in [3.05, 3.63) is 53.1 Å². The highest BCUT2D eigenvalue weighted by Gasteiger charge is 2.05. The van der Waals surface area contributed by atoms with Crippen LogP contribution in [-0.4, -0.2) is 7.11 Å². The van der Waals surface area contributed by atoms with Crippen molar-refractivity contribution in [2.75, 3.05) is 7.11 Å². The summed E-state index contributed by atoms with van der Waals surface area (Å²) in [5.41, 5.74) is 1.30. The highest BCUT2D eigenvalue weighted by Crippen LogP contribution is 2.33. The highest BCUT2D eigenvalue weighted by atomic mass is 35.5. The molecule has 0 bridgehead atoms. The zero-order valence-corrected chi connectivity index (χ0v) is 12.0. The van der Waals surface area contributed by atoms with Gasteiger partial charge in [0.15, 0.2) is 0 Å². The number of aryl methyl sites for hydroxylation is 1. The van der Waals surface area contributed by atoms with Gasteiger partial charge in [-0.15, -0.1) is 0 Å². The van der Waals surface area contributed by atoms with Crippen LogP contribution in [0.2, 0.25) is 5.02 Å². The van der Waals surface area contributed by atoms with Gasteiger partial charge in [0.1, 0.15) is 5.75 Å². The van der Waals surface area contributed by atoms with Crippen LogP contribution in [0.15, 0.2) is 52.3 Å². The Morgan fingerprint density at radius 3 is 2.44 bits per heavy atom. The van der Waals surface area contributed by atoms with E-state index in [0.29, 0.717) is 0 Å². The van der Waals surface area contributed by atoms with Gasteiger partial charge >= 0.3 is 0 Å². The van der Waals surface area contributed by atoms with E-state index in [2.05, 4.69) is 19.1 Å².